The van der Waals surface area contributed by atoms with Gasteiger partial charge in [0.1, 0.15) is 5.82 Å². The van der Waals surface area contributed by atoms with Crippen molar-refractivity contribution < 1.29 is 9.18 Å². The predicted molar refractivity (Wildman–Crippen MR) is 83.4 cm³/mol. The Labute approximate surface area is 130 Å². The first kappa shape index (κ1) is 14.1. The van der Waals surface area contributed by atoms with Crippen LogP contribution in [0.2, 0.25) is 0 Å². The number of carbonyl (C=O) groups excluding carboxylic acids is 1. The zero-order chi connectivity index (χ0) is 15.0. The summed E-state index contributed by atoms with van der Waals surface area (Å²) in [5.41, 5.74) is 8.94. The van der Waals surface area contributed by atoms with Gasteiger partial charge in [0.25, 0.3) is 5.91 Å². The van der Waals surface area contributed by atoms with E-state index in [1.54, 1.807) is 11.0 Å². The predicted octanol–water partition coefficient (Wildman–Crippen LogP) is 3.37. The van der Waals surface area contributed by atoms with Gasteiger partial charge >= 0.3 is 0 Å². The second kappa shape index (κ2) is 5.48. The monoisotopic (exact) mass is 348 g/mol. The van der Waals surface area contributed by atoms with Crippen molar-refractivity contribution in [2.75, 3.05) is 12.3 Å². The van der Waals surface area contributed by atoms with Gasteiger partial charge in [0.15, 0.2) is 0 Å². The van der Waals surface area contributed by atoms with Crippen molar-refractivity contribution in [3.05, 3.63) is 63.4 Å². The van der Waals surface area contributed by atoms with E-state index >= 15 is 0 Å². The maximum atomic E-state index is 13.9. The fourth-order valence-electron chi connectivity index (χ4n) is 2.65. The van der Waals surface area contributed by atoms with E-state index in [9.17, 15) is 9.18 Å². The number of fused-ring (bicyclic) bond motifs is 1. The maximum absolute atomic E-state index is 13.9. The molecule has 2 N–H and O–H groups in total. The number of benzene rings is 2. The number of hydrogen-bond donors (Lipinski definition) is 1. The lowest BCUT2D eigenvalue weighted by Gasteiger charge is -2.29. The topological polar surface area (TPSA) is 46.3 Å². The number of nitrogen functional groups attached to an aromatic ring is 1. The van der Waals surface area contributed by atoms with Crippen molar-refractivity contribution >= 4 is 27.5 Å². The van der Waals surface area contributed by atoms with Crippen molar-refractivity contribution in [3.8, 4) is 0 Å². The van der Waals surface area contributed by atoms with Gasteiger partial charge in [-0.3, -0.25) is 4.79 Å². The molecule has 0 radical (unpaired) electrons. The molecule has 0 bridgehead atoms. The zero-order valence-corrected chi connectivity index (χ0v) is 12.9. The van der Waals surface area contributed by atoms with E-state index in [1.165, 1.54) is 12.1 Å². The zero-order valence-electron chi connectivity index (χ0n) is 11.3. The molecule has 0 saturated carbocycles. The number of hydrogen-bond acceptors (Lipinski definition) is 2. The Morgan fingerprint density at radius 3 is 2.86 bits per heavy atom. The summed E-state index contributed by atoms with van der Waals surface area (Å²) in [6.07, 6.45) is 0.700. The molecule has 3 rings (SSSR count). The number of carbonyl (C=O) groups is 1. The summed E-state index contributed by atoms with van der Waals surface area (Å²) >= 11 is 3.19. The van der Waals surface area contributed by atoms with Crippen LogP contribution in [-0.2, 0) is 13.0 Å². The first-order valence-corrected chi connectivity index (χ1v) is 7.46. The maximum Gasteiger partial charge on any atom is 0.257 e. The fourth-order valence-corrected chi connectivity index (χ4v) is 2.98. The van der Waals surface area contributed by atoms with Crippen LogP contribution in [-0.4, -0.2) is 17.4 Å². The van der Waals surface area contributed by atoms with Gasteiger partial charge in [-0.25, -0.2) is 4.39 Å². The smallest absolute Gasteiger partial charge is 0.257 e. The third kappa shape index (κ3) is 2.65. The van der Waals surface area contributed by atoms with Crippen LogP contribution in [0.15, 0.2) is 40.9 Å². The standard InChI is InChI=1S/C16H14BrFN2O/c17-11-4-5-13(14(18)8-11)16(21)20-7-6-12-10(9-20)2-1-3-15(12)19/h1-5,8H,6-7,9,19H2. The van der Waals surface area contributed by atoms with E-state index in [0.717, 1.165) is 16.8 Å². The van der Waals surface area contributed by atoms with Gasteiger partial charge < -0.3 is 10.6 Å². The Hall–Kier alpha value is -1.88. The highest BCUT2D eigenvalue weighted by molar-refractivity contribution is 9.10. The molecule has 3 nitrogen and oxygen atoms in total. The van der Waals surface area contributed by atoms with Crippen molar-refractivity contribution in [2.24, 2.45) is 0 Å². The van der Waals surface area contributed by atoms with Crippen molar-refractivity contribution in [3.63, 3.8) is 0 Å². The molecule has 2 aromatic rings. The van der Waals surface area contributed by atoms with Crippen LogP contribution in [0.25, 0.3) is 0 Å². The summed E-state index contributed by atoms with van der Waals surface area (Å²) in [4.78, 5) is 14.1. The fraction of sp³-hybridized carbons (Fsp3) is 0.188. The van der Waals surface area contributed by atoms with Gasteiger partial charge in [0, 0.05) is 23.2 Å². The molecular formula is C16H14BrFN2O. The molecule has 0 fully saturated rings. The lowest BCUT2D eigenvalue weighted by molar-refractivity contribution is 0.0730. The number of nitrogens with zero attached hydrogens (tertiary/aromatic N) is 1. The van der Waals surface area contributed by atoms with Gasteiger partial charge in [0.05, 0.1) is 5.56 Å². The number of rotatable bonds is 1. The van der Waals surface area contributed by atoms with Crippen LogP contribution in [0.1, 0.15) is 21.5 Å². The Morgan fingerprint density at radius 2 is 2.10 bits per heavy atom. The molecule has 1 heterocycles. The summed E-state index contributed by atoms with van der Waals surface area (Å²) in [7, 11) is 0. The highest BCUT2D eigenvalue weighted by Crippen LogP contribution is 2.26. The first-order chi connectivity index (χ1) is 10.1. The number of halogens is 2. The third-order valence-corrected chi connectivity index (χ3v) is 4.24. The molecule has 21 heavy (non-hydrogen) atoms. The van der Waals surface area contributed by atoms with Crippen LogP contribution in [0, 0.1) is 5.82 Å². The molecule has 0 atom stereocenters. The van der Waals surface area contributed by atoms with Crippen LogP contribution < -0.4 is 5.73 Å². The van der Waals surface area contributed by atoms with Crippen molar-refractivity contribution in [1.82, 2.24) is 4.90 Å². The Balaban J connectivity index is 1.87. The SMILES string of the molecule is Nc1cccc2c1CCN(C(=O)c1ccc(Br)cc1F)C2. The highest BCUT2D eigenvalue weighted by Gasteiger charge is 2.24. The van der Waals surface area contributed by atoms with Gasteiger partial charge in [-0.2, -0.15) is 0 Å². The molecule has 0 saturated heterocycles. The van der Waals surface area contributed by atoms with E-state index in [4.69, 9.17) is 5.73 Å². The molecule has 1 aliphatic heterocycles. The lowest BCUT2D eigenvalue weighted by Crippen LogP contribution is -2.36. The van der Waals surface area contributed by atoms with E-state index in [0.29, 0.717) is 24.0 Å². The lowest BCUT2D eigenvalue weighted by atomic mass is 9.97. The van der Waals surface area contributed by atoms with E-state index in [1.807, 2.05) is 18.2 Å². The van der Waals surface area contributed by atoms with Gasteiger partial charge in [-0.05, 0) is 41.8 Å². The van der Waals surface area contributed by atoms with Crippen LogP contribution >= 0.6 is 15.9 Å². The minimum atomic E-state index is -0.507. The van der Waals surface area contributed by atoms with E-state index in [2.05, 4.69) is 15.9 Å². The summed E-state index contributed by atoms with van der Waals surface area (Å²) in [6.45, 7) is 1.02. The van der Waals surface area contributed by atoms with Crippen LogP contribution in [0.3, 0.4) is 0 Å². The van der Waals surface area contributed by atoms with Crippen LogP contribution in [0.5, 0.6) is 0 Å². The molecule has 5 heteroatoms. The highest BCUT2D eigenvalue weighted by atomic mass is 79.9. The molecule has 0 unspecified atom stereocenters. The molecule has 0 aliphatic carbocycles. The Bertz CT molecular complexity index is 717. The molecule has 2 aromatic carbocycles. The summed E-state index contributed by atoms with van der Waals surface area (Å²) < 4.78 is 14.5. The number of anilines is 1. The summed E-state index contributed by atoms with van der Waals surface area (Å²) in [5.74, 6) is -0.791. The molecule has 0 spiro atoms. The third-order valence-electron chi connectivity index (χ3n) is 3.75. The second-order valence-corrected chi connectivity index (χ2v) is 6.00. The quantitative estimate of drug-likeness (QED) is 0.803. The minimum Gasteiger partial charge on any atom is -0.398 e. The molecular weight excluding hydrogens is 335 g/mol. The largest absolute Gasteiger partial charge is 0.398 e. The average Bonchev–Trinajstić information content (AvgIpc) is 2.46. The van der Waals surface area contributed by atoms with Gasteiger partial charge in [-0.1, -0.05) is 28.1 Å². The van der Waals surface area contributed by atoms with E-state index < -0.39 is 5.82 Å². The minimum absolute atomic E-state index is 0.102. The van der Waals surface area contributed by atoms with Gasteiger partial charge in [0.2, 0.25) is 0 Å². The Morgan fingerprint density at radius 1 is 1.29 bits per heavy atom. The number of amides is 1. The first-order valence-electron chi connectivity index (χ1n) is 6.67. The molecule has 0 aromatic heterocycles. The summed E-state index contributed by atoms with van der Waals surface area (Å²) in [5, 5.41) is 0. The van der Waals surface area contributed by atoms with E-state index in [-0.39, 0.29) is 11.5 Å². The molecule has 108 valence electrons. The number of nitrogens with two attached hydrogens (primary N) is 1. The summed E-state index contributed by atoms with van der Waals surface area (Å²) in [6, 6.07) is 10.2. The molecule has 1 aliphatic rings. The van der Waals surface area contributed by atoms with Crippen molar-refractivity contribution in [1.29, 1.82) is 0 Å². The average molecular weight is 349 g/mol. The second-order valence-electron chi connectivity index (χ2n) is 5.09. The van der Waals surface area contributed by atoms with Crippen molar-refractivity contribution in [2.45, 2.75) is 13.0 Å². The normalized spacial score (nSPS) is 13.9. The Kier molecular flexibility index (Phi) is 3.68. The van der Waals surface area contributed by atoms with Gasteiger partial charge in [-0.15, -0.1) is 0 Å². The molecule has 1 amide bonds. The van der Waals surface area contributed by atoms with Crippen LogP contribution in [0.4, 0.5) is 10.1 Å².